The number of fused-ring (bicyclic) bond motifs is 1. The Hall–Kier alpha value is -1.50. The molecule has 0 unspecified atom stereocenters. The van der Waals surface area contributed by atoms with Crippen LogP contribution < -0.4 is 5.32 Å². The third kappa shape index (κ3) is 2.75. The minimum atomic E-state index is 0.0530. The molecule has 0 spiro atoms. The van der Waals surface area contributed by atoms with Crippen LogP contribution in [0.15, 0.2) is 18.2 Å². The van der Waals surface area contributed by atoms with E-state index in [9.17, 15) is 0 Å². The van der Waals surface area contributed by atoms with Crippen molar-refractivity contribution in [1.82, 2.24) is 19.9 Å². The molecule has 8 heteroatoms. The highest BCUT2D eigenvalue weighted by Gasteiger charge is 2.05. The number of hydrogen-bond acceptors (Lipinski definition) is 6. The zero-order valence-corrected chi connectivity index (χ0v) is 12.0. The van der Waals surface area contributed by atoms with Crippen molar-refractivity contribution < 1.29 is 0 Å². The topological polar surface area (TPSA) is 63.6 Å². The number of thiazole rings is 1. The first kappa shape index (κ1) is 12.5. The van der Waals surface area contributed by atoms with Gasteiger partial charge in [-0.1, -0.05) is 0 Å². The fourth-order valence-corrected chi connectivity index (χ4v) is 2.86. The standard InChI is InChI=1S/C11H7Cl2N5S/c1-5-14-7-3-2-6(4-8(7)19-5)15-11-17-9(12)16-10(13)18-11/h2-4H,1H3,(H,15,16,17,18). The van der Waals surface area contributed by atoms with Crippen molar-refractivity contribution in [3.8, 4) is 0 Å². The van der Waals surface area contributed by atoms with Crippen LogP contribution in [0.2, 0.25) is 10.6 Å². The fourth-order valence-electron chi connectivity index (χ4n) is 1.63. The zero-order valence-electron chi connectivity index (χ0n) is 9.69. The van der Waals surface area contributed by atoms with Crippen LogP contribution in [0.25, 0.3) is 10.2 Å². The summed E-state index contributed by atoms with van der Waals surface area (Å²) in [4.78, 5) is 16.0. The first-order valence-corrected chi connectivity index (χ1v) is 6.89. The monoisotopic (exact) mass is 311 g/mol. The molecular formula is C11H7Cl2N5S. The Kier molecular flexibility index (Phi) is 3.22. The SMILES string of the molecule is Cc1nc2ccc(Nc3nc(Cl)nc(Cl)n3)cc2s1. The molecular weight excluding hydrogens is 305 g/mol. The molecule has 1 aromatic carbocycles. The number of aromatic nitrogens is 4. The van der Waals surface area contributed by atoms with Crippen LogP contribution >= 0.6 is 34.5 Å². The van der Waals surface area contributed by atoms with Crippen molar-refractivity contribution in [3.63, 3.8) is 0 Å². The van der Waals surface area contributed by atoms with E-state index in [0.717, 1.165) is 20.9 Å². The number of rotatable bonds is 2. The summed E-state index contributed by atoms with van der Waals surface area (Å²) in [6.07, 6.45) is 0. The number of nitrogens with one attached hydrogen (secondary N) is 1. The number of aryl methyl sites for hydroxylation is 1. The second-order valence-corrected chi connectivity index (χ2v) is 5.65. The Bertz CT molecular complexity index is 738. The van der Waals surface area contributed by atoms with Gasteiger partial charge in [0, 0.05) is 5.69 Å². The zero-order chi connectivity index (χ0) is 13.4. The van der Waals surface area contributed by atoms with Crippen LogP contribution in [0, 0.1) is 6.92 Å². The highest BCUT2D eigenvalue weighted by molar-refractivity contribution is 7.18. The lowest BCUT2D eigenvalue weighted by Crippen LogP contribution is -1.99. The molecule has 0 atom stereocenters. The minimum absolute atomic E-state index is 0.0530. The van der Waals surface area contributed by atoms with E-state index in [4.69, 9.17) is 23.2 Å². The van der Waals surface area contributed by atoms with Gasteiger partial charge in [0.15, 0.2) is 0 Å². The highest BCUT2D eigenvalue weighted by atomic mass is 35.5. The third-order valence-corrected chi connectivity index (χ3v) is 3.60. The lowest BCUT2D eigenvalue weighted by atomic mass is 10.3. The molecule has 19 heavy (non-hydrogen) atoms. The molecule has 0 bridgehead atoms. The molecule has 96 valence electrons. The molecule has 0 saturated heterocycles. The average molecular weight is 312 g/mol. The van der Waals surface area contributed by atoms with E-state index in [1.165, 1.54) is 0 Å². The van der Waals surface area contributed by atoms with E-state index in [1.54, 1.807) is 11.3 Å². The predicted octanol–water partition coefficient (Wildman–Crippen LogP) is 3.84. The molecule has 0 amide bonds. The smallest absolute Gasteiger partial charge is 0.232 e. The van der Waals surface area contributed by atoms with Crippen molar-refractivity contribution >= 4 is 56.4 Å². The van der Waals surface area contributed by atoms with Gasteiger partial charge in [0.05, 0.1) is 15.2 Å². The Morgan fingerprint density at radius 3 is 2.53 bits per heavy atom. The third-order valence-electron chi connectivity index (χ3n) is 2.33. The first-order chi connectivity index (χ1) is 9.10. The minimum Gasteiger partial charge on any atom is -0.324 e. The number of anilines is 2. The van der Waals surface area contributed by atoms with Crippen molar-refractivity contribution in [1.29, 1.82) is 0 Å². The molecule has 0 aliphatic carbocycles. The quantitative estimate of drug-likeness (QED) is 0.779. The van der Waals surface area contributed by atoms with Crippen LogP contribution in [0.4, 0.5) is 11.6 Å². The van der Waals surface area contributed by atoms with Gasteiger partial charge in [0.25, 0.3) is 0 Å². The van der Waals surface area contributed by atoms with Crippen LogP contribution in [-0.2, 0) is 0 Å². The molecule has 2 heterocycles. The second-order valence-electron chi connectivity index (χ2n) is 3.74. The fraction of sp³-hybridized carbons (Fsp3) is 0.0909. The Morgan fingerprint density at radius 2 is 1.79 bits per heavy atom. The van der Waals surface area contributed by atoms with Gasteiger partial charge in [-0.25, -0.2) is 4.98 Å². The van der Waals surface area contributed by atoms with Crippen LogP contribution in [-0.4, -0.2) is 19.9 Å². The number of nitrogens with zero attached hydrogens (tertiary/aromatic N) is 4. The lowest BCUT2D eigenvalue weighted by molar-refractivity contribution is 1.05. The molecule has 0 aliphatic rings. The first-order valence-electron chi connectivity index (χ1n) is 5.31. The largest absolute Gasteiger partial charge is 0.324 e. The molecule has 1 N–H and O–H groups in total. The molecule has 0 radical (unpaired) electrons. The van der Waals surface area contributed by atoms with E-state index in [1.807, 2.05) is 25.1 Å². The average Bonchev–Trinajstić information content (AvgIpc) is 2.67. The van der Waals surface area contributed by atoms with E-state index in [0.29, 0.717) is 5.95 Å². The Labute approximate surface area is 122 Å². The number of halogens is 2. The maximum Gasteiger partial charge on any atom is 0.232 e. The lowest BCUT2D eigenvalue weighted by Gasteiger charge is -2.04. The maximum atomic E-state index is 5.72. The predicted molar refractivity (Wildman–Crippen MR) is 77.5 cm³/mol. The van der Waals surface area contributed by atoms with Crippen molar-refractivity contribution in [2.75, 3.05) is 5.32 Å². The number of benzene rings is 1. The van der Waals surface area contributed by atoms with E-state index < -0.39 is 0 Å². The Balaban J connectivity index is 1.95. The van der Waals surface area contributed by atoms with Gasteiger partial charge in [0.2, 0.25) is 16.5 Å². The van der Waals surface area contributed by atoms with E-state index in [2.05, 4.69) is 25.3 Å². The summed E-state index contributed by atoms with van der Waals surface area (Å²) in [5.41, 5.74) is 1.81. The van der Waals surface area contributed by atoms with Gasteiger partial charge < -0.3 is 5.32 Å². The van der Waals surface area contributed by atoms with Crippen molar-refractivity contribution in [3.05, 3.63) is 33.8 Å². The summed E-state index contributed by atoms with van der Waals surface area (Å²) in [6.45, 7) is 1.98. The van der Waals surface area contributed by atoms with E-state index >= 15 is 0 Å². The van der Waals surface area contributed by atoms with Gasteiger partial charge >= 0.3 is 0 Å². The summed E-state index contributed by atoms with van der Waals surface area (Å²) >= 11 is 13.1. The molecule has 3 aromatic rings. The molecule has 0 saturated carbocycles. The molecule has 5 nitrogen and oxygen atoms in total. The molecule has 3 rings (SSSR count). The van der Waals surface area contributed by atoms with Gasteiger partial charge in [-0.2, -0.15) is 15.0 Å². The van der Waals surface area contributed by atoms with E-state index in [-0.39, 0.29) is 10.6 Å². The summed E-state index contributed by atoms with van der Waals surface area (Å²) in [6, 6.07) is 5.81. The van der Waals surface area contributed by atoms with Gasteiger partial charge in [-0.3, -0.25) is 0 Å². The van der Waals surface area contributed by atoms with Gasteiger partial charge in [-0.05, 0) is 48.3 Å². The summed E-state index contributed by atoms with van der Waals surface area (Å²) in [5, 5.41) is 4.17. The summed E-state index contributed by atoms with van der Waals surface area (Å²) in [7, 11) is 0. The van der Waals surface area contributed by atoms with Crippen LogP contribution in [0.5, 0.6) is 0 Å². The van der Waals surface area contributed by atoms with Crippen LogP contribution in [0.3, 0.4) is 0 Å². The highest BCUT2D eigenvalue weighted by Crippen LogP contribution is 2.26. The van der Waals surface area contributed by atoms with Crippen LogP contribution in [0.1, 0.15) is 5.01 Å². The van der Waals surface area contributed by atoms with Crippen molar-refractivity contribution in [2.45, 2.75) is 6.92 Å². The molecule has 0 fully saturated rings. The van der Waals surface area contributed by atoms with Gasteiger partial charge in [0.1, 0.15) is 0 Å². The molecule has 2 aromatic heterocycles. The summed E-state index contributed by atoms with van der Waals surface area (Å²) in [5.74, 6) is 0.311. The normalized spacial score (nSPS) is 10.9. The second kappa shape index (κ2) is 4.88. The van der Waals surface area contributed by atoms with Gasteiger partial charge in [-0.15, -0.1) is 11.3 Å². The Morgan fingerprint density at radius 1 is 1.05 bits per heavy atom. The maximum absolute atomic E-state index is 5.72. The molecule has 0 aliphatic heterocycles. The summed E-state index contributed by atoms with van der Waals surface area (Å²) < 4.78 is 1.09. The van der Waals surface area contributed by atoms with Crippen molar-refractivity contribution in [2.24, 2.45) is 0 Å². The number of hydrogen-bond donors (Lipinski definition) is 1.